The van der Waals surface area contributed by atoms with Crippen LogP contribution >= 0.6 is 15.9 Å². The summed E-state index contributed by atoms with van der Waals surface area (Å²) >= 11 is 3.35. The summed E-state index contributed by atoms with van der Waals surface area (Å²) in [6.45, 7) is -0.246. The van der Waals surface area contributed by atoms with Crippen molar-refractivity contribution in [3.8, 4) is 11.5 Å². The zero-order valence-corrected chi connectivity index (χ0v) is 18.1. The molecule has 1 N–H and O–H groups in total. The van der Waals surface area contributed by atoms with Crippen molar-refractivity contribution in [3.63, 3.8) is 0 Å². The van der Waals surface area contributed by atoms with E-state index in [-0.39, 0.29) is 18.9 Å². The van der Waals surface area contributed by atoms with Crippen molar-refractivity contribution in [1.82, 2.24) is 0 Å². The molecule has 158 valence electrons. The fourth-order valence-corrected chi connectivity index (χ4v) is 3.34. The molecule has 0 radical (unpaired) electrons. The summed E-state index contributed by atoms with van der Waals surface area (Å²) in [5, 5.41) is 2.63. The molecular formula is C21H21BrN2O6. The molecule has 0 aliphatic carbocycles. The van der Waals surface area contributed by atoms with Gasteiger partial charge in [-0.2, -0.15) is 0 Å². The number of carbonyl (C=O) groups is 3. The predicted octanol–water partition coefficient (Wildman–Crippen LogP) is 3.00. The van der Waals surface area contributed by atoms with Gasteiger partial charge in [-0.15, -0.1) is 0 Å². The number of hydrogen-bond acceptors (Lipinski definition) is 6. The third-order valence-corrected chi connectivity index (χ3v) is 5.15. The monoisotopic (exact) mass is 476 g/mol. The molecule has 1 aliphatic heterocycles. The first kappa shape index (κ1) is 21.6. The zero-order chi connectivity index (χ0) is 21.7. The number of anilines is 2. The first-order valence-electron chi connectivity index (χ1n) is 9.15. The standard InChI is InChI=1S/C21H21BrN2O6/c1-28-16-7-8-17(18(10-16)29-2)23-19(25)12-30-21(27)13-9-20(26)24(11-13)15-5-3-14(22)4-6-15/h3-8,10,13H,9,11-12H2,1-2H3,(H,23,25)/t13-/m0/s1. The number of amides is 2. The van der Waals surface area contributed by atoms with Crippen molar-refractivity contribution in [2.24, 2.45) is 5.92 Å². The fraction of sp³-hybridized carbons (Fsp3) is 0.286. The van der Waals surface area contributed by atoms with Crippen molar-refractivity contribution in [3.05, 3.63) is 46.9 Å². The summed E-state index contributed by atoms with van der Waals surface area (Å²) in [5.41, 5.74) is 1.14. The maximum atomic E-state index is 12.4. The van der Waals surface area contributed by atoms with E-state index in [1.54, 1.807) is 35.2 Å². The van der Waals surface area contributed by atoms with E-state index in [2.05, 4.69) is 21.2 Å². The van der Waals surface area contributed by atoms with Crippen molar-refractivity contribution in [2.75, 3.05) is 37.6 Å². The highest BCUT2D eigenvalue weighted by Crippen LogP contribution is 2.29. The Balaban J connectivity index is 1.54. The Morgan fingerprint density at radius 3 is 2.53 bits per heavy atom. The smallest absolute Gasteiger partial charge is 0.311 e. The van der Waals surface area contributed by atoms with Gasteiger partial charge in [-0.25, -0.2) is 0 Å². The molecule has 1 atom stereocenters. The van der Waals surface area contributed by atoms with Crippen LogP contribution in [0.25, 0.3) is 0 Å². The maximum absolute atomic E-state index is 12.4. The highest BCUT2D eigenvalue weighted by molar-refractivity contribution is 9.10. The average Bonchev–Trinajstić information content (AvgIpc) is 3.14. The number of rotatable bonds is 7. The number of benzene rings is 2. The Morgan fingerprint density at radius 2 is 1.87 bits per heavy atom. The van der Waals surface area contributed by atoms with Crippen LogP contribution in [-0.2, 0) is 19.1 Å². The van der Waals surface area contributed by atoms with Crippen LogP contribution in [0, 0.1) is 5.92 Å². The minimum absolute atomic E-state index is 0.0445. The summed E-state index contributed by atoms with van der Waals surface area (Å²) in [7, 11) is 3.00. The van der Waals surface area contributed by atoms with Crippen LogP contribution in [-0.4, -0.2) is 45.2 Å². The molecule has 0 aromatic heterocycles. The number of ether oxygens (including phenoxy) is 3. The van der Waals surface area contributed by atoms with Gasteiger partial charge in [0.15, 0.2) is 6.61 Å². The van der Waals surface area contributed by atoms with E-state index in [4.69, 9.17) is 14.2 Å². The molecule has 3 rings (SSSR count). The molecule has 1 aliphatic rings. The Morgan fingerprint density at radius 1 is 1.13 bits per heavy atom. The molecule has 9 heteroatoms. The van der Waals surface area contributed by atoms with Gasteiger partial charge in [0, 0.05) is 29.2 Å². The lowest BCUT2D eigenvalue weighted by Crippen LogP contribution is -2.28. The molecule has 30 heavy (non-hydrogen) atoms. The molecule has 0 spiro atoms. The van der Waals surface area contributed by atoms with Crippen molar-refractivity contribution >= 4 is 45.1 Å². The number of halogens is 1. The summed E-state index contributed by atoms with van der Waals surface area (Å²) in [5.74, 6) is -0.880. The van der Waals surface area contributed by atoms with Gasteiger partial charge >= 0.3 is 5.97 Å². The lowest BCUT2D eigenvalue weighted by atomic mass is 10.1. The summed E-state index contributed by atoms with van der Waals surface area (Å²) in [6.07, 6.45) is 0.0445. The third-order valence-electron chi connectivity index (χ3n) is 4.62. The Hall–Kier alpha value is -3.07. The second-order valence-corrected chi connectivity index (χ2v) is 7.52. The lowest BCUT2D eigenvalue weighted by Gasteiger charge is -2.16. The maximum Gasteiger partial charge on any atom is 0.311 e. The normalized spacial score (nSPS) is 15.6. The highest BCUT2D eigenvalue weighted by Gasteiger charge is 2.36. The van der Waals surface area contributed by atoms with E-state index in [0.717, 1.165) is 4.47 Å². The average molecular weight is 477 g/mol. The first-order valence-corrected chi connectivity index (χ1v) is 9.95. The van der Waals surface area contributed by atoms with E-state index in [1.165, 1.54) is 14.2 Å². The molecule has 2 amide bonds. The molecule has 0 unspecified atom stereocenters. The molecule has 2 aromatic rings. The van der Waals surface area contributed by atoms with Gasteiger partial charge in [0.2, 0.25) is 5.91 Å². The predicted molar refractivity (Wildman–Crippen MR) is 114 cm³/mol. The molecule has 0 saturated carbocycles. The van der Waals surface area contributed by atoms with E-state index in [1.807, 2.05) is 12.1 Å². The second kappa shape index (κ2) is 9.62. The van der Waals surface area contributed by atoms with E-state index in [9.17, 15) is 14.4 Å². The van der Waals surface area contributed by atoms with Gasteiger partial charge in [-0.3, -0.25) is 14.4 Å². The number of nitrogens with one attached hydrogen (secondary N) is 1. The molecular weight excluding hydrogens is 456 g/mol. The number of methoxy groups -OCH3 is 2. The van der Waals surface area contributed by atoms with Crippen LogP contribution < -0.4 is 19.7 Å². The van der Waals surface area contributed by atoms with Gasteiger partial charge in [-0.1, -0.05) is 15.9 Å². The van der Waals surface area contributed by atoms with Crippen molar-refractivity contribution < 1.29 is 28.6 Å². The number of nitrogens with zero attached hydrogens (tertiary/aromatic N) is 1. The molecule has 2 aromatic carbocycles. The van der Waals surface area contributed by atoms with Crippen LogP contribution in [0.15, 0.2) is 46.9 Å². The van der Waals surface area contributed by atoms with Gasteiger partial charge in [0.25, 0.3) is 5.91 Å². The second-order valence-electron chi connectivity index (χ2n) is 6.60. The highest BCUT2D eigenvalue weighted by atomic mass is 79.9. The van der Waals surface area contributed by atoms with Gasteiger partial charge in [0.05, 0.1) is 25.8 Å². The molecule has 8 nitrogen and oxygen atoms in total. The first-order chi connectivity index (χ1) is 14.4. The van der Waals surface area contributed by atoms with Crippen LogP contribution in [0.1, 0.15) is 6.42 Å². The van der Waals surface area contributed by atoms with Crippen LogP contribution in [0.5, 0.6) is 11.5 Å². The number of esters is 1. The summed E-state index contributed by atoms with van der Waals surface area (Å²) < 4.78 is 16.4. The molecule has 1 saturated heterocycles. The van der Waals surface area contributed by atoms with E-state index < -0.39 is 24.4 Å². The van der Waals surface area contributed by atoms with Crippen LogP contribution in [0.4, 0.5) is 11.4 Å². The largest absolute Gasteiger partial charge is 0.497 e. The van der Waals surface area contributed by atoms with Crippen molar-refractivity contribution in [1.29, 1.82) is 0 Å². The topological polar surface area (TPSA) is 94.2 Å². The minimum Gasteiger partial charge on any atom is -0.497 e. The third kappa shape index (κ3) is 5.10. The van der Waals surface area contributed by atoms with Gasteiger partial charge < -0.3 is 24.4 Å². The number of carbonyl (C=O) groups excluding carboxylic acids is 3. The molecule has 0 bridgehead atoms. The Labute approximate surface area is 182 Å². The van der Waals surface area contributed by atoms with E-state index in [0.29, 0.717) is 22.9 Å². The lowest BCUT2D eigenvalue weighted by molar-refractivity contribution is -0.151. The van der Waals surface area contributed by atoms with Gasteiger partial charge in [0.1, 0.15) is 11.5 Å². The fourth-order valence-electron chi connectivity index (χ4n) is 3.08. The minimum atomic E-state index is -0.621. The SMILES string of the molecule is COc1ccc(NC(=O)COC(=O)[C@H]2CC(=O)N(c3ccc(Br)cc3)C2)c(OC)c1. The van der Waals surface area contributed by atoms with Crippen molar-refractivity contribution in [2.45, 2.75) is 6.42 Å². The Kier molecular flexibility index (Phi) is 6.94. The quantitative estimate of drug-likeness (QED) is 0.617. The summed E-state index contributed by atoms with van der Waals surface area (Å²) in [4.78, 5) is 38.4. The molecule has 1 fully saturated rings. The van der Waals surface area contributed by atoms with E-state index >= 15 is 0 Å². The zero-order valence-electron chi connectivity index (χ0n) is 16.5. The van der Waals surface area contributed by atoms with Gasteiger partial charge in [-0.05, 0) is 36.4 Å². The molecule has 1 heterocycles. The summed E-state index contributed by atoms with van der Waals surface area (Å²) in [6, 6.07) is 12.2. The Bertz CT molecular complexity index is 947. The van der Waals surface area contributed by atoms with Crippen LogP contribution in [0.2, 0.25) is 0 Å². The number of hydrogen-bond donors (Lipinski definition) is 1. The van der Waals surface area contributed by atoms with Crippen LogP contribution in [0.3, 0.4) is 0 Å².